The maximum Gasteiger partial charge on any atom is 0.355 e. The molecule has 1 rings (SSSR count). The topological polar surface area (TPSA) is 100 Å². The first kappa shape index (κ1) is 10.5. The van der Waals surface area contributed by atoms with Crippen LogP contribution in [0.2, 0.25) is 0 Å². The Morgan fingerprint density at radius 3 is 2.43 bits per heavy atom. The molecular weight excluding hydrogens is 208 g/mol. The highest BCUT2D eigenvalue weighted by Crippen LogP contribution is 2.12. The van der Waals surface area contributed by atoms with Crippen molar-refractivity contribution in [1.29, 1.82) is 0 Å². The molecule has 0 aliphatic rings. The van der Waals surface area contributed by atoms with Gasteiger partial charge >= 0.3 is 11.9 Å². The van der Waals surface area contributed by atoms with Crippen LogP contribution < -0.4 is 0 Å². The SMILES string of the molecule is CSc1ncc(C(=O)O)c(C(=O)O)n1. The Bertz CT molecular complexity index is 393. The van der Waals surface area contributed by atoms with Gasteiger partial charge in [-0.25, -0.2) is 19.6 Å². The lowest BCUT2D eigenvalue weighted by Crippen LogP contribution is -2.12. The molecular formula is C7H6N2O4S. The summed E-state index contributed by atoms with van der Waals surface area (Å²) < 4.78 is 0. The van der Waals surface area contributed by atoms with Crippen LogP contribution in [0.5, 0.6) is 0 Å². The molecule has 0 radical (unpaired) electrons. The number of carboxylic acid groups (broad SMARTS) is 2. The van der Waals surface area contributed by atoms with Crippen molar-refractivity contribution < 1.29 is 19.8 Å². The van der Waals surface area contributed by atoms with Crippen molar-refractivity contribution >= 4 is 23.7 Å². The molecule has 2 N–H and O–H groups in total. The molecule has 0 aliphatic carbocycles. The number of nitrogens with zero attached hydrogens (tertiary/aromatic N) is 2. The minimum absolute atomic E-state index is 0.229. The van der Waals surface area contributed by atoms with Crippen LogP contribution in [0.25, 0.3) is 0 Å². The maximum atomic E-state index is 10.6. The van der Waals surface area contributed by atoms with Gasteiger partial charge in [0.25, 0.3) is 0 Å². The number of carboxylic acids is 2. The molecule has 0 saturated heterocycles. The second kappa shape index (κ2) is 4.05. The van der Waals surface area contributed by atoms with E-state index in [1.54, 1.807) is 6.26 Å². The van der Waals surface area contributed by atoms with Crippen molar-refractivity contribution in [1.82, 2.24) is 9.97 Å². The average molecular weight is 214 g/mol. The van der Waals surface area contributed by atoms with Gasteiger partial charge in [-0.1, -0.05) is 11.8 Å². The minimum atomic E-state index is -1.37. The van der Waals surface area contributed by atoms with Crippen molar-refractivity contribution in [2.75, 3.05) is 6.26 Å². The van der Waals surface area contributed by atoms with Crippen molar-refractivity contribution in [3.63, 3.8) is 0 Å². The Hall–Kier alpha value is -1.63. The molecule has 14 heavy (non-hydrogen) atoms. The number of aromatic nitrogens is 2. The molecule has 7 heteroatoms. The molecule has 6 nitrogen and oxygen atoms in total. The Balaban J connectivity index is 3.31. The third-order valence-electron chi connectivity index (χ3n) is 1.38. The molecule has 0 unspecified atom stereocenters. The lowest BCUT2D eigenvalue weighted by molar-refractivity contribution is 0.0644. The van der Waals surface area contributed by atoms with Gasteiger partial charge < -0.3 is 10.2 Å². The number of hydrogen-bond acceptors (Lipinski definition) is 5. The van der Waals surface area contributed by atoms with E-state index in [1.165, 1.54) is 0 Å². The van der Waals surface area contributed by atoms with E-state index in [1.807, 2.05) is 0 Å². The summed E-state index contributed by atoms with van der Waals surface area (Å²) in [5.41, 5.74) is -0.896. The van der Waals surface area contributed by atoms with Crippen molar-refractivity contribution in [2.24, 2.45) is 0 Å². The smallest absolute Gasteiger partial charge is 0.355 e. The summed E-state index contributed by atoms with van der Waals surface area (Å²) in [6, 6.07) is 0. The van der Waals surface area contributed by atoms with Gasteiger partial charge in [0.1, 0.15) is 5.56 Å². The van der Waals surface area contributed by atoms with E-state index in [0.29, 0.717) is 0 Å². The van der Waals surface area contributed by atoms with Crippen LogP contribution in [0.3, 0.4) is 0 Å². The zero-order valence-corrected chi connectivity index (χ0v) is 7.91. The van der Waals surface area contributed by atoms with Gasteiger partial charge in [-0.15, -0.1) is 0 Å². The number of hydrogen-bond donors (Lipinski definition) is 2. The molecule has 0 aliphatic heterocycles. The van der Waals surface area contributed by atoms with Gasteiger partial charge in [-0.2, -0.15) is 0 Å². The van der Waals surface area contributed by atoms with E-state index in [2.05, 4.69) is 9.97 Å². The summed E-state index contributed by atoms with van der Waals surface area (Å²) in [6.07, 6.45) is 2.66. The molecule has 1 aromatic rings. The van der Waals surface area contributed by atoms with E-state index >= 15 is 0 Å². The minimum Gasteiger partial charge on any atom is -0.478 e. The van der Waals surface area contributed by atoms with E-state index in [9.17, 15) is 9.59 Å². The van der Waals surface area contributed by atoms with Gasteiger partial charge in [0.05, 0.1) is 0 Å². The van der Waals surface area contributed by atoms with Gasteiger partial charge in [-0.3, -0.25) is 0 Å². The van der Waals surface area contributed by atoms with Crippen molar-refractivity contribution in [2.45, 2.75) is 5.16 Å². The summed E-state index contributed by atoms with van der Waals surface area (Å²) >= 11 is 1.14. The highest BCUT2D eigenvalue weighted by Gasteiger charge is 2.18. The van der Waals surface area contributed by atoms with Crippen LogP contribution in [-0.2, 0) is 0 Å². The Morgan fingerprint density at radius 2 is 2.00 bits per heavy atom. The molecule has 1 aromatic heterocycles. The third-order valence-corrected chi connectivity index (χ3v) is 1.94. The Kier molecular flexibility index (Phi) is 3.03. The summed E-state index contributed by atoms with van der Waals surface area (Å²) in [6.45, 7) is 0. The number of rotatable bonds is 3. The Morgan fingerprint density at radius 1 is 1.36 bits per heavy atom. The summed E-state index contributed by atoms with van der Waals surface area (Å²) in [7, 11) is 0. The second-order valence-corrected chi connectivity index (χ2v) is 3.00. The first-order chi connectivity index (χ1) is 6.56. The standard InChI is InChI=1S/C7H6N2O4S/c1-14-7-8-2-3(5(10)11)4(9-7)6(12)13/h2H,1H3,(H,10,11)(H,12,13). The van der Waals surface area contributed by atoms with Gasteiger partial charge in [0.2, 0.25) is 0 Å². The van der Waals surface area contributed by atoms with Gasteiger partial charge in [-0.05, 0) is 6.26 Å². The van der Waals surface area contributed by atoms with Crippen LogP contribution >= 0.6 is 11.8 Å². The predicted octanol–water partition coefficient (Wildman–Crippen LogP) is 0.595. The van der Waals surface area contributed by atoms with Crippen LogP contribution in [0.4, 0.5) is 0 Å². The molecule has 0 aromatic carbocycles. The first-order valence-corrected chi connectivity index (χ1v) is 4.66. The molecule has 0 atom stereocenters. The maximum absolute atomic E-state index is 10.6. The summed E-state index contributed by atoms with van der Waals surface area (Å²) in [5.74, 6) is -2.73. The van der Waals surface area contributed by atoms with E-state index < -0.39 is 23.2 Å². The number of aromatic carboxylic acids is 2. The molecule has 1 heterocycles. The zero-order valence-electron chi connectivity index (χ0n) is 7.09. The molecule has 0 amide bonds. The van der Waals surface area contributed by atoms with Gasteiger partial charge in [0.15, 0.2) is 10.9 Å². The highest BCUT2D eigenvalue weighted by molar-refractivity contribution is 7.98. The van der Waals surface area contributed by atoms with Crippen LogP contribution in [0.15, 0.2) is 11.4 Å². The van der Waals surface area contributed by atoms with Gasteiger partial charge in [0, 0.05) is 6.20 Å². The molecule has 0 fully saturated rings. The quantitative estimate of drug-likeness (QED) is 0.561. The van der Waals surface area contributed by atoms with E-state index in [0.717, 1.165) is 18.0 Å². The molecule has 0 spiro atoms. The molecule has 74 valence electrons. The lowest BCUT2D eigenvalue weighted by Gasteiger charge is -2.00. The third kappa shape index (κ3) is 1.99. The lowest BCUT2D eigenvalue weighted by atomic mass is 10.2. The van der Waals surface area contributed by atoms with E-state index in [-0.39, 0.29) is 5.16 Å². The van der Waals surface area contributed by atoms with Crippen LogP contribution in [0, 0.1) is 0 Å². The zero-order chi connectivity index (χ0) is 10.7. The van der Waals surface area contributed by atoms with Crippen LogP contribution in [-0.4, -0.2) is 38.4 Å². The summed E-state index contributed by atoms with van der Waals surface area (Å²) in [5, 5.41) is 17.5. The monoisotopic (exact) mass is 214 g/mol. The highest BCUT2D eigenvalue weighted by atomic mass is 32.2. The first-order valence-electron chi connectivity index (χ1n) is 3.44. The number of carbonyl (C=O) groups is 2. The van der Waals surface area contributed by atoms with E-state index in [4.69, 9.17) is 10.2 Å². The molecule has 0 saturated carbocycles. The van der Waals surface area contributed by atoms with Crippen molar-refractivity contribution in [3.05, 3.63) is 17.5 Å². The second-order valence-electron chi connectivity index (χ2n) is 2.23. The van der Waals surface area contributed by atoms with Crippen molar-refractivity contribution in [3.8, 4) is 0 Å². The normalized spacial score (nSPS) is 9.79. The average Bonchev–Trinajstić information content (AvgIpc) is 2.16. The predicted molar refractivity (Wildman–Crippen MR) is 47.7 cm³/mol. The number of thioether (sulfide) groups is 1. The summed E-state index contributed by atoms with van der Waals surface area (Å²) in [4.78, 5) is 28.5. The Labute approximate surface area is 83.0 Å². The fourth-order valence-corrected chi connectivity index (χ4v) is 1.12. The fourth-order valence-electron chi connectivity index (χ4n) is 0.784. The fraction of sp³-hybridized carbons (Fsp3) is 0.143. The van der Waals surface area contributed by atoms with Crippen LogP contribution in [0.1, 0.15) is 20.8 Å². The molecule has 0 bridgehead atoms. The largest absolute Gasteiger partial charge is 0.478 e.